The average molecular weight is 425 g/mol. The van der Waals surface area contributed by atoms with Gasteiger partial charge >= 0.3 is 0 Å². The second kappa shape index (κ2) is 8.46. The van der Waals surface area contributed by atoms with Crippen molar-refractivity contribution in [3.8, 4) is 5.88 Å². The van der Waals surface area contributed by atoms with Gasteiger partial charge in [-0.3, -0.25) is 4.79 Å². The van der Waals surface area contributed by atoms with E-state index in [9.17, 15) is 18.3 Å². The van der Waals surface area contributed by atoms with Crippen molar-refractivity contribution in [1.29, 1.82) is 0 Å². The van der Waals surface area contributed by atoms with E-state index < -0.39 is 27.1 Å². The molecule has 0 spiro atoms. The highest BCUT2D eigenvalue weighted by atomic mass is 35.5. The Hall–Kier alpha value is -2.16. The molecule has 1 fully saturated rings. The molecule has 150 valence electrons. The Bertz CT molecular complexity index is 972. The van der Waals surface area contributed by atoms with Crippen molar-refractivity contribution in [2.24, 2.45) is 0 Å². The predicted octanol–water partition coefficient (Wildman–Crippen LogP) is 3.07. The number of hydrogen-bond acceptors (Lipinski definition) is 6. The number of aliphatic hydroxyl groups excluding tert-OH is 1. The summed E-state index contributed by atoms with van der Waals surface area (Å²) in [5, 5.41) is 11.8. The molecule has 3 rings (SSSR count). The molecule has 0 bridgehead atoms. The lowest BCUT2D eigenvalue weighted by Crippen LogP contribution is -2.29. The highest BCUT2D eigenvalue weighted by molar-refractivity contribution is 7.92. The van der Waals surface area contributed by atoms with Gasteiger partial charge in [-0.2, -0.15) is 0 Å². The van der Waals surface area contributed by atoms with E-state index in [1.54, 1.807) is 12.1 Å². The van der Waals surface area contributed by atoms with Crippen molar-refractivity contribution in [2.75, 3.05) is 12.4 Å². The number of nitrogens with zero attached hydrogens (tertiary/aromatic N) is 1. The van der Waals surface area contributed by atoms with Crippen molar-refractivity contribution in [2.45, 2.75) is 41.9 Å². The third-order valence-electron chi connectivity index (χ3n) is 4.78. The minimum Gasteiger partial charge on any atom is -0.481 e. The Labute approximate surface area is 168 Å². The summed E-state index contributed by atoms with van der Waals surface area (Å²) in [6, 6.07) is 7.34. The van der Waals surface area contributed by atoms with Gasteiger partial charge in [0.2, 0.25) is 5.88 Å². The first kappa shape index (κ1) is 20.6. The van der Waals surface area contributed by atoms with E-state index in [0.29, 0.717) is 37.3 Å². The van der Waals surface area contributed by atoms with Gasteiger partial charge in [0.15, 0.2) is 9.84 Å². The maximum atomic E-state index is 13.0. The number of sulfone groups is 1. The van der Waals surface area contributed by atoms with Crippen LogP contribution in [0.2, 0.25) is 5.02 Å². The molecule has 1 aromatic heterocycles. The number of halogens is 1. The molecule has 28 heavy (non-hydrogen) atoms. The maximum absolute atomic E-state index is 13.0. The molecule has 1 saturated carbocycles. The lowest BCUT2D eigenvalue weighted by atomic mass is 9.97. The average Bonchev–Trinajstić information content (AvgIpc) is 2.68. The van der Waals surface area contributed by atoms with Gasteiger partial charge in [0.05, 0.1) is 28.4 Å². The Balaban J connectivity index is 1.85. The summed E-state index contributed by atoms with van der Waals surface area (Å²) >= 11 is 6.15. The first-order valence-electron chi connectivity index (χ1n) is 8.84. The summed E-state index contributed by atoms with van der Waals surface area (Å²) in [6.07, 6.45) is 2.64. The zero-order valence-electron chi connectivity index (χ0n) is 15.3. The summed E-state index contributed by atoms with van der Waals surface area (Å²) in [6.45, 7) is 0. The molecule has 1 aliphatic rings. The number of amides is 1. The fourth-order valence-electron chi connectivity index (χ4n) is 3.20. The van der Waals surface area contributed by atoms with Crippen molar-refractivity contribution < 1.29 is 23.1 Å². The van der Waals surface area contributed by atoms with Crippen LogP contribution < -0.4 is 10.1 Å². The van der Waals surface area contributed by atoms with Crippen LogP contribution in [-0.4, -0.2) is 42.9 Å². The fraction of sp³-hybridized carbons (Fsp3) is 0.368. The number of benzene rings is 1. The number of aliphatic hydroxyl groups is 1. The zero-order valence-corrected chi connectivity index (χ0v) is 16.8. The van der Waals surface area contributed by atoms with Gasteiger partial charge in [-0.15, -0.1) is 0 Å². The van der Waals surface area contributed by atoms with Gasteiger partial charge in [0.25, 0.3) is 5.91 Å². The largest absolute Gasteiger partial charge is 0.481 e. The number of aromatic nitrogens is 1. The molecule has 7 nitrogen and oxygen atoms in total. The molecule has 0 saturated heterocycles. The molecule has 0 unspecified atom stereocenters. The lowest BCUT2D eigenvalue weighted by Gasteiger charge is -2.25. The summed E-state index contributed by atoms with van der Waals surface area (Å²) in [5.41, 5.74) is 0.645. The summed E-state index contributed by atoms with van der Waals surface area (Å²) in [5.74, 6) is -0.128. The summed E-state index contributed by atoms with van der Waals surface area (Å²) in [4.78, 5) is 16.5. The number of hydrogen-bond donors (Lipinski definition) is 2. The molecule has 2 N–H and O–H groups in total. The molecule has 1 amide bonds. The normalized spacial score (nSPS) is 19.8. The van der Waals surface area contributed by atoms with Crippen molar-refractivity contribution >= 4 is 33.0 Å². The molecular formula is C19H21ClN2O5S. The van der Waals surface area contributed by atoms with E-state index in [1.165, 1.54) is 31.5 Å². The number of carbonyl (C=O) groups excluding carboxylic acids is 1. The van der Waals surface area contributed by atoms with Gasteiger partial charge in [-0.25, -0.2) is 13.4 Å². The Morgan fingerprint density at radius 1 is 1.21 bits per heavy atom. The first-order chi connectivity index (χ1) is 13.3. The third kappa shape index (κ3) is 4.45. The second-order valence-corrected chi connectivity index (χ2v) is 9.27. The lowest BCUT2D eigenvalue weighted by molar-refractivity contribution is 0.102. The molecule has 9 heteroatoms. The second-order valence-electron chi connectivity index (χ2n) is 6.66. The van der Waals surface area contributed by atoms with E-state index in [1.807, 2.05) is 0 Å². The number of pyridine rings is 1. The van der Waals surface area contributed by atoms with Crippen LogP contribution in [0.3, 0.4) is 0 Å². The van der Waals surface area contributed by atoms with Gasteiger partial charge in [0.1, 0.15) is 0 Å². The van der Waals surface area contributed by atoms with Crippen molar-refractivity contribution in [3.05, 3.63) is 47.1 Å². The molecule has 1 heterocycles. The third-order valence-corrected chi connectivity index (χ3v) is 7.53. The molecule has 0 atom stereocenters. The number of anilines is 1. The van der Waals surface area contributed by atoms with Crippen LogP contribution in [0.15, 0.2) is 41.4 Å². The van der Waals surface area contributed by atoms with E-state index in [4.69, 9.17) is 16.3 Å². The number of ether oxygens (including phenoxy) is 1. The van der Waals surface area contributed by atoms with E-state index in [-0.39, 0.29) is 15.5 Å². The van der Waals surface area contributed by atoms with E-state index >= 15 is 0 Å². The van der Waals surface area contributed by atoms with Gasteiger partial charge in [0, 0.05) is 23.5 Å². The highest BCUT2D eigenvalue weighted by Gasteiger charge is 2.33. The van der Waals surface area contributed by atoms with Crippen LogP contribution >= 0.6 is 11.6 Å². The summed E-state index contributed by atoms with van der Waals surface area (Å²) < 4.78 is 31.0. The van der Waals surface area contributed by atoms with Crippen molar-refractivity contribution in [1.82, 2.24) is 4.98 Å². The predicted molar refractivity (Wildman–Crippen MR) is 106 cm³/mol. The highest BCUT2D eigenvalue weighted by Crippen LogP contribution is 2.33. The molecule has 0 aliphatic heterocycles. The Morgan fingerprint density at radius 3 is 2.61 bits per heavy atom. The molecule has 1 aromatic carbocycles. The number of methoxy groups -OCH3 is 1. The van der Waals surface area contributed by atoms with Gasteiger partial charge < -0.3 is 15.2 Å². The topological polar surface area (TPSA) is 106 Å². The maximum Gasteiger partial charge on any atom is 0.255 e. The quantitative estimate of drug-likeness (QED) is 0.764. The number of carbonyl (C=O) groups is 1. The van der Waals surface area contributed by atoms with Crippen LogP contribution in [0, 0.1) is 0 Å². The molecule has 1 aliphatic carbocycles. The minimum absolute atomic E-state index is 0.0597. The zero-order chi connectivity index (χ0) is 20.3. The number of rotatable bonds is 5. The monoisotopic (exact) mass is 424 g/mol. The van der Waals surface area contributed by atoms with Gasteiger partial charge in [-0.05, 0) is 49.9 Å². The molecule has 2 aromatic rings. The van der Waals surface area contributed by atoms with Crippen LogP contribution in [0.1, 0.15) is 36.0 Å². The van der Waals surface area contributed by atoms with Crippen molar-refractivity contribution in [3.63, 3.8) is 0 Å². The Morgan fingerprint density at radius 2 is 1.93 bits per heavy atom. The smallest absolute Gasteiger partial charge is 0.255 e. The van der Waals surface area contributed by atoms with Crippen LogP contribution in [0.5, 0.6) is 5.88 Å². The van der Waals surface area contributed by atoms with Crippen LogP contribution in [-0.2, 0) is 9.84 Å². The minimum atomic E-state index is -3.71. The van der Waals surface area contributed by atoms with Crippen LogP contribution in [0.4, 0.5) is 5.69 Å². The molecular weight excluding hydrogens is 404 g/mol. The van der Waals surface area contributed by atoms with E-state index in [0.717, 1.165) is 0 Å². The number of nitrogens with one attached hydrogen (secondary N) is 1. The van der Waals surface area contributed by atoms with Gasteiger partial charge in [-0.1, -0.05) is 11.6 Å². The summed E-state index contributed by atoms with van der Waals surface area (Å²) in [7, 11) is -2.24. The SMILES string of the molecule is COc1cc(NC(=O)c2ccc(Cl)c(S(=O)(=O)C3CCC(O)CC3)c2)ccn1. The standard InChI is InChI=1S/C19H21ClN2O5S/c1-27-18-11-13(8-9-21-18)22-19(24)12-2-7-16(20)17(10-12)28(25,26)15-5-3-14(23)4-6-15/h2,7-11,14-15,23H,3-6H2,1H3,(H,21,22,24). The van der Waals surface area contributed by atoms with Crippen LogP contribution in [0.25, 0.3) is 0 Å². The van der Waals surface area contributed by atoms with E-state index in [2.05, 4.69) is 10.3 Å². The molecule has 0 radical (unpaired) electrons. The Kier molecular flexibility index (Phi) is 6.22. The first-order valence-corrected chi connectivity index (χ1v) is 10.8. The fourth-order valence-corrected chi connectivity index (χ4v) is 5.52.